The molecule has 1 aliphatic heterocycles. The number of carbonyl (C=O) groups is 1. The van der Waals surface area contributed by atoms with E-state index in [1.807, 2.05) is 13.0 Å². The number of piperidine rings is 1. The first-order valence-corrected chi connectivity index (χ1v) is 10.2. The molecule has 0 bridgehead atoms. The van der Waals surface area contributed by atoms with Gasteiger partial charge in [0.1, 0.15) is 17.2 Å². The highest BCUT2D eigenvalue weighted by molar-refractivity contribution is 5.94. The Morgan fingerprint density at radius 1 is 1.47 bits per heavy atom. The maximum Gasteiger partial charge on any atom is 0.341 e. The van der Waals surface area contributed by atoms with Crippen LogP contribution < -0.4 is 10.6 Å². The first kappa shape index (κ1) is 18.9. The second-order valence-electron chi connectivity index (χ2n) is 8.35. The number of hydrogen-bond acceptors (Lipinski definition) is 6. The van der Waals surface area contributed by atoms with Gasteiger partial charge in [-0.05, 0) is 50.7 Å². The molecule has 5 rings (SSSR count). The molecule has 1 aliphatic carbocycles. The van der Waals surface area contributed by atoms with Crippen LogP contribution in [-0.4, -0.2) is 43.2 Å². The molecule has 3 unspecified atom stereocenters. The molecule has 0 aromatic carbocycles. The lowest BCUT2D eigenvalue weighted by Crippen LogP contribution is -2.35. The van der Waals surface area contributed by atoms with Gasteiger partial charge < -0.3 is 15.7 Å². The summed E-state index contributed by atoms with van der Waals surface area (Å²) in [6, 6.07) is 3.47. The summed E-state index contributed by atoms with van der Waals surface area (Å²) in [5, 5.41) is 13.5. The average Bonchev–Trinajstić information content (AvgIpc) is 3.09. The van der Waals surface area contributed by atoms with Crippen LogP contribution in [0.4, 0.5) is 10.2 Å². The highest BCUT2D eigenvalue weighted by Crippen LogP contribution is 2.63. The summed E-state index contributed by atoms with van der Waals surface area (Å²) >= 11 is 0. The summed E-state index contributed by atoms with van der Waals surface area (Å²) in [6.45, 7) is 2.72. The molecule has 2 fully saturated rings. The maximum atomic E-state index is 14.2. The van der Waals surface area contributed by atoms with Crippen molar-refractivity contribution >= 4 is 17.4 Å². The van der Waals surface area contributed by atoms with Crippen LogP contribution in [0.25, 0.3) is 5.65 Å². The molecule has 9 heteroatoms. The van der Waals surface area contributed by atoms with E-state index in [-0.39, 0.29) is 23.0 Å². The van der Waals surface area contributed by atoms with Crippen molar-refractivity contribution in [1.29, 1.82) is 0 Å². The monoisotopic (exact) mass is 410 g/mol. The van der Waals surface area contributed by atoms with Crippen LogP contribution in [0.15, 0.2) is 30.7 Å². The van der Waals surface area contributed by atoms with Crippen molar-refractivity contribution in [3.8, 4) is 0 Å². The van der Waals surface area contributed by atoms with Crippen molar-refractivity contribution in [3.05, 3.63) is 53.4 Å². The van der Waals surface area contributed by atoms with E-state index >= 15 is 0 Å². The number of carboxylic acids is 1. The van der Waals surface area contributed by atoms with Gasteiger partial charge in [-0.1, -0.05) is 0 Å². The number of aromatic carboxylic acids is 1. The van der Waals surface area contributed by atoms with Crippen molar-refractivity contribution in [1.82, 2.24) is 19.6 Å². The van der Waals surface area contributed by atoms with Crippen molar-refractivity contribution in [2.45, 2.75) is 44.2 Å². The van der Waals surface area contributed by atoms with Gasteiger partial charge in [0.25, 0.3) is 0 Å². The van der Waals surface area contributed by atoms with Crippen LogP contribution in [0, 0.1) is 11.7 Å². The predicted octanol–water partition coefficient (Wildman–Crippen LogP) is 2.37. The fourth-order valence-electron chi connectivity index (χ4n) is 4.83. The van der Waals surface area contributed by atoms with Gasteiger partial charge in [0.05, 0.1) is 17.9 Å². The van der Waals surface area contributed by atoms with Gasteiger partial charge in [-0.3, -0.25) is 4.98 Å². The Hall–Kier alpha value is -3.07. The summed E-state index contributed by atoms with van der Waals surface area (Å²) in [6.07, 6.45) is 7.62. The normalized spacial score (nSPS) is 23.6. The Bertz CT molecular complexity index is 1150. The molecule has 0 amide bonds. The smallest absolute Gasteiger partial charge is 0.341 e. The van der Waals surface area contributed by atoms with E-state index in [1.165, 1.54) is 16.9 Å². The van der Waals surface area contributed by atoms with Crippen LogP contribution in [0.5, 0.6) is 0 Å². The second-order valence-corrected chi connectivity index (χ2v) is 8.35. The molecule has 2 aliphatic rings. The number of anilines is 1. The summed E-state index contributed by atoms with van der Waals surface area (Å²) in [5.41, 5.74) is 7.72. The molecule has 0 spiro atoms. The van der Waals surface area contributed by atoms with Crippen molar-refractivity contribution in [2.24, 2.45) is 11.7 Å². The minimum Gasteiger partial charge on any atom is -0.477 e. The van der Waals surface area contributed by atoms with E-state index in [1.54, 1.807) is 12.3 Å². The van der Waals surface area contributed by atoms with Crippen LogP contribution in [0.3, 0.4) is 0 Å². The van der Waals surface area contributed by atoms with Crippen LogP contribution in [0.2, 0.25) is 0 Å². The zero-order valence-electron chi connectivity index (χ0n) is 16.6. The quantitative estimate of drug-likeness (QED) is 0.642. The van der Waals surface area contributed by atoms with E-state index in [0.29, 0.717) is 23.8 Å². The molecule has 0 radical (unpaired) electrons. The molecule has 4 heterocycles. The van der Waals surface area contributed by atoms with Crippen LogP contribution >= 0.6 is 0 Å². The molecule has 3 atom stereocenters. The second kappa shape index (κ2) is 6.73. The summed E-state index contributed by atoms with van der Waals surface area (Å²) < 4.78 is 15.7. The third-order valence-electron chi connectivity index (χ3n) is 6.36. The van der Waals surface area contributed by atoms with E-state index in [4.69, 9.17) is 5.73 Å². The number of fused-ring (bicyclic) bond motifs is 2. The van der Waals surface area contributed by atoms with Gasteiger partial charge in [0.2, 0.25) is 0 Å². The van der Waals surface area contributed by atoms with Crippen LogP contribution in [-0.2, 0) is 12.0 Å². The number of hydrogen-bond donors (Lipinski definition) is 2. The molecular formula is C21H23FN6O2. The zero-order chi connectivity index (χ0) is 21.0. The van der Waals surface area contributed by atoms with Crippen LogP contribution in [0.1, 0.15) is 47.8 Å². The zero-order valence-corrected chi connectivity index (χ0v) is 16.6. The van der Waals surface area contributed by atoms with Crippen molar-refractivity contribution in [3.63, 3.8) is 0 Å². The maximum absolute atomic E-state index is 14.2. The van der Waals surface area contributed by atoms with E-state index < -0.39 is 5.97 Å². The van der Waals surface area contributed by atoms with Gasteiger partial charge in [-0.25, -0.2) is 18.7 Å². The molecule has 1 saturated carbocycles. The average molecular weight is 410 g/mol. The molecule has 3 N–H and O–H groups in total. The molecule has 156 valence electrons. The highest BCUT2D eigenvalue weighted by atomic mass is 19.1. The summed E-state index contributed by atoms with van der Waals surface area (Å²) in [5.74, 6) is -0.346. The lowest BCUT2D eigenvalue weighted by Gasteiger charge is -2.31. The predicted molar refractivity (Wildman–Crippen MR) is 108 cm³/mol. The minimum atomic E-state index is -1.07. The summed E-state index contributed by atoms with van der Waals surface area (Å²) in [7, 11) is 0. The number of halogens is 1. The molecular weight excluding hydrogens is 387 g/mol. The molecule has 3 aromatic heterocycles. The van der Waals surface area contributed by atoms with E-state index in [0.717, 1.165) is 37.1 Å². The van der Waals surface area contributed by atoms with Gasteiger partial charge >= 0.3 is 5.97 Å². The van der Waals surface area contributed by atoms with Gasteiger partial charge in [-0.15, -0.1) is 0 Å². The number of aromatic nitrogens is 4. The Morgan fingerprint density at radius 3 is 3.03 bits per heavy atom. The van der Waals surface area contributed by atoms with Crippen molar-refractivity contribution < 1.29 is 14.3 Å². The Balaban J connectivity index is 1.58. The largest absolute Gasteiger partial charge is 0.477 e. The first-order chi connectivity index (χ1) is 14.4. The molecule has 30 heavy (non-hydrogen) atoms. The fourth-order valence-corrected chi connectivity index (χ4v) is 4.83. The van der Waals surface area contributed by atoms with E-state index in [2.05, 4.69) is 20.0 Å². The number of pyridine rings is 1. The van der Waals surface area contributed by atoms with Crippen molar-refractivity contribution in [2.75, 3.05) is 11.4 Å². The van der Waals surface area contributed by atoms with Gasteiger partial charge in [0.15, 0.2) is 5.65 Å². The molecule has 1 saturated heterocycles. The topological polar surface area (TPSA) is 110 Å². The van der Waals surface area contributed by atoms with Gasteiger partial charge in [0, 0.05) is 30.0 Å². The number of aryl methyl sites for hydroxylation is 1. The number of nitrogens with zero attached hydrogens (tertiary/aromatic N) is 5. The third kappa shape index (κ3) is 2.84. The lowest BCUT2D eigenvalue weighted by atomic mass is 9.97. The first-order valence-electron chi connectivity index (χ1n) is 10.2. The van der Waals surface area contributed by atoms with Gasteiger partial charge in [-0.2, -0.15) is 5.10 Å². The summed E-state index contributed by atoms with van der Waals surface area (Å²) in [4.78, 5) is 22.7. The molecule has 3 aromatic rings. The fraction of sp³-hybridized carbons (Fsp3) is 0.429. The lowest BCUT2D eigenvalue weighted by molar-refractivity contribution is 0.0698. The standard InChI is InChI=1S/C21H23FN6O2/c1-12(23)2-3-17-16(8-14(22)10-24-17)21-9-13(21)4-6-27(21)18-5-7-28-19(26-18)15(11-25-28)20(29)30/h5,7-8,10-13H,2-4,6,9,23H2,1H3,(H,29,30). The highest BCUT2D eigenvalue weighted by Gasteiger charge is 2.64. The third-order valence-corrected chi connectivity index (χ3v) is 6.36. The number of rotatable bonds is 6. The Labute approximate surface area is 172 Å². The number of nitrogens with two attached hydrogens (primary N) is 1. The number of carboxylic acid groups (broad SMARTS) is 1. The Kier molecular flexibility index (Phi) is 4.25. The Morgan fingerprint density at radius 2 is 2.30 bits per heavy atom. The SMILES string of the molecule is CC(N)CCc1ncc(F)cc1C12CC1CCN2c1ccn2ncc(C(=O)O)c2n1. The minimum absolute atomic E-state index is 0.0391. The van der Waals surface area contributed by atoms with E-state index in [9.17, 15) is 14.3 Å². The molecule has 8 nitrogen and oxygen atoms in total.